The molecule has 0 amide bonds. The summed E-state index contributed by atoms with van der Waals surface area (Å²) in [5.74, 6) is 1.86. The van der Waals surface area contributed by atoms with Gasteiger partial charge in [0.05, 0.1) is 23.5 Å². The van der Waals surface area contributed by atoms with Crippen LogP contribution in [0.1, 0.15) is 44.8 Å². The SMILES string of the molecule is C=C(N)/N=C\C(=C/N)c1ccc([C@](C)(c2noc(-c3cnc(NCC)cn3)n2)C(C)C)cn1. The van der Waals surface area contributed by atoms with E-state index in [2.05, 4.69) is 62.8 Å². The highest BCUT2D eigenvalue weighted by atomic mass is 16.5. The second kappa shape index (κ2) is 10.0. The lowest BCUT2D eigenvalue weighted by molar-refractivity contribution is 0.350. The van der Waals surface area contributed by atoms with Gasteiger partial charge < -0.3 is 21.3 Å². The van der Waals surface area contributed by atoms with Crippen molar-refractivity contribution in [2.75, 3.05) is 11.9 Å². The second-order valence-electron chi connectivity index (χ2n) is 7.90. The number of aliphatic imine (C=N–C) groups is 1. The molecule has 3 aromatic rings. The zero-order valence-electron chi connectivity index (χ0n) is 19.3. The van der Waals surface area contributed by atoms with Crippen molar-refractivity contribution in [3.63, 3.8) is 0 Å². The van der Waals surface area contributed by atoms with E-state index in [9.17, 15) is 0 Å². The first-order valence-electron chi connectivity index (χ1n) is 10.6. The summed E-state index contributed by atoms with van der Waals surface area (Å²) in [6, 6.07) is 3.84. The largest absolute Gasteiger partial charge is 0.404 e. The topological polar surface area (TPSA) is 154 Å². The van der Waals surface area contributed by atoms with Crippen molar-refractivity contribution in [3.05, 3.63) is 66.4 Å². The predicted octanol–water partition coefficient (Wildman–Crippen LogP) is 3.12. The number of allylic oxidation sites excluding steroid dienone is 1. The number of rotatable bonds is 9. The predicted molar refractivity (Wildman–Crippen MR) is 129 cm³/mol. The van der Waals surface area contributed by atoms with Gasteiger partial charge >= 0.3 is 0 Å². The maximum Gasteiger partial charge on any atom is 0.278 e. The van der Waals surface area contributed by atoms with Gasteiger partial charge in [0.1, 0.15) is 17.3 Å². The Morgan fingerprint density at radius 3 is 2.58 bits per heavy atom. The standard InChI is InChI=1S/C23H29N9O/c1-6-26-20-13-29-19(12-30-20)21-31-22(32-33-21)23(5,14(2)3)17-7-8-18(28-11-17)16(9-24)10-27-15(4)25/h7-14H,4,6,24-25H2,1-3,5H3,(H,26,30)/b16-9+,27-10-/t23-/m1/s1. The van der Waals surface area contributed by atoms with Crippen LogP contribution in [0.2, 0.25) is 0 Å². The first-order chi connectivity index (χ1) is 15.8. The first-order valence-corrected chi connectivity index (χ1v) is 10.6. The summed E-state index contributed by atoms with van der Waals surface area (Å²) >= 11 is 0. The van der Waals surface area contributed by atoms with E-state index in [-0.39, 0.29) is 11.7 Å². The molecular formula is C23H29N9O. The molecule has 10 heteroatoms. The smallest absolute Gasteiger partial charge is 0.278 e. The van der Waals surface area contributed by atoms with E-state index in [1.165, 1.54) is 12.4 Å². The monoisotopic (exact) mass is 447 g/mol. The van der Waals surface area contributed by atoms with Gasteiger partial charge in [-0.05, 0) is 31.4 Å². The van der Waals surface area contributed by atoms with Crippen LogP contribution in [0, 0.1) is 5.92 Å². The minimum absolute atomic E-state index is 0.143. The second-order valence-corrected chi connectivity index (χ2v) is 7.90. The third-order valence-electron chi connectivity index (χ3n) is 5.48. The Balaban J connectivity index is 1.92. The molecular weight excluding hydrogens is 418 g/mol. The molecule has 0 aliphatic rings. The number of pyridine rings is 1. The molecule has 3 rings (SSSR count). The van der Waals surface area contributed by atoms with Crippen LogP contribution in [0.3, 0.4) is 0 Å². The maximum absolute atomic E-state index is 5.73. The third-order valence-corrected chi connectivity index (χ3v) is 5.48. The molecule has 172 valence electrons. The van der Waals surface area contributed by atoms with Gasteiger partial charge in [-0.1, -0.05) is 31.6 Å². The number of nitrogens with one attached hydrogen (secondary N) is 1. The van der Waals surface area contributed by atoms with Gasteiger partial charge in [-0.15, -0.1) is 0 Å². The fourth-order valence-electron chi connectivity index (χ4n) is 3.19. The van der Waals surface area contributed by atoms with Crippen LogP contribution in [0.15, 0.2) is 58.8 Å². The van der Waals surface area contributed by atoms with Crippen LogP contribution in [0.4, 0.5) is 5.82 Å². The van der Waals surface area contributed by atoms with Crippen molar-refractivity contribution in [1.29, 1.82) is 0 Å². The van der Waals surface area contributed by atoms with Crippen LogP contribution in [0.25, 0.3) is 17.2 Å². The molecule has 5 N–H and O–H groups in total. The summed E-state index contributed by atoms with van der Waals surface area (Å²) < 4.78 is 5.53. The Morgan fingerprint density at radius 1 is 1.24 bits per heavy atom. The maximum atomic E-state index is 5.73. The van der Waals surface area contributed by atoms with Gasteiger partial charge in [-0.3, -0.25) is 4.98 Å². The molecule has 0 saturated heterocycles. The van der Waals surface area contributed by atoms with Crippen LogP contribution < -0.4 is 16.8 Å². The van der Waals surface area contributed by atoms with E-state index < -0.39 is 5.41 Å². The van der Waals surface area contributed by atoms with Crippen molar-refractivity contribution >= 4 is 17.6 Å². The fourth-order valence-corrected chi connectivity index (χ4v) is 3.19. The van der Waals surface area contributed by atoms with Crippen molar-refractivity contribution in [2.45, 2.75) is 33.1 Å². The lowest BCUT2D eigenvalue weighted by Crippen LogP contribution is -2.31. The van der Waals surface area contributed by atoms with Gasteiger partial charge in [-0.2, -0.15) is 4.98 Å². The molecule has 0 aromatic carbocycles. The van der Waals surface area contributed by atoms with Gasteiger partial charge in [-0.25, -0.2) is 15.0 Å². The Bertz CT molecular complexity index is 1150. The van der Waals surface area contributed by atoms with Gasteiger partial charge in [0.15, 0.2) is 5.82 Å². The Hall–Kier alpha value is -4.08. The summed E-state index contributed by atoms with van der Waals surface area (Å²) in [6.45, 7) is 12.6. The van der Waals surface area contributed by atoms with Crippen molar-refractivity contribution in [1.82, 2.24) is 25.1 Å². The molecule has 0 fully saturated rings. The summed E-state index contributed by atoms with van der Waals surface area (Å²) in [5, 5.41) is 7.37. The highest BCUT2D eigenvalue weighted by Crippen LogP contribution is 2.38. The van der Waals surface area contributed by atoms with Crippen molar-refractivity contribution in [2.24, 2.45) is 22.4 Å². The van der Waals surface area contributed by atoms with E-state index in [1.807, 2.05) is 19.1 Å². The molecule has 0 radical (unpaired) electrons. The zero-order chi connectivity index (χ0) is 24.0. The summed E-state index contributed by atoms with van der Waals surface area (Å²) in [6.07, 6.45) is 7.98. The van der Waals surface area contributed by atoms with Crippen LogP contribution in [0.5, 0.6) is 0 Å². The van der Waals surface area contributed by atoms with Crippen molar-refractivity contribution < 1.29 is 4.52 Å². The van der Waals surface area contributed by atoms with E-state index in [0.717, 1.165) is 12.1 Å². The number of nitrogens with two attached hydrogens (primary N) is 2. The van der Waals surface area contributed by atoms with E-state index in [0.29, 0.717) is 34.5 Å². The van der Waals surface area contributed by atoms with E-state index >= 15 is 0 Å². The highest BCUT2D eigenvalue weighted by molar-refractivity contribution is 6.09. The molecule has 3 heterocycles. The van der Waals surface area contributed by atoms with E-state index in [1.54, 1.807) is 18.6 Å². The summed E-state index contributed by atoms with van der Waals surface area (Å²) in [4.78, 5) is 21.9. The van der Waals surface area contributed by atoms with Crippen molar-refractivity contribution in [3.8, 4) is 11.6 Å². The first kappa shape index (κ1) is 23.6. The normalized spacial score (nSPS) is 13.9. The molecule has 0 aliphatic heterocycles. The number of hydrogen-bond acceptors (Lipinski definition) is 10. The van der Waals surface area contributed by atoms with Gasteiger partial charge in [0.25, 0.3) is 5.89 Å². The molecule has 0 unspecified atom stereocenters. The average molecular weight is 448 g/mol. The van der Waals surface area contributed by atoms with Gasteiger partial charge in [0.2, 0.25) is 0 Å². The van der Waals surface area contributed by atoms with Crippen LogP contribution in [-0.4, -0.2) is 37.9 Å². The Morgan fingerprint density at radius 2 is 2.03 bits per heavy atom. The van der Waals surface area contributed by atoms with Crippen LogP contribution in [-0.2, 0) is 5.41 Å². The third kappa shape index (κ3) is 5.05. The molecule has 33 heavy (non-hydrogen) atoms. The Kier molecular flexibility index (Phi) is 7.17. The lowest BCUT2D eigenvalue weighted by Gasteiger charge is -2.30. The van der Waals surface area contributed by atoms with Crippen LogP contribution >= 0.6 is 0 Å². The number of anilines is 1. The number of nitrogens with zero attached hydrogens (tertiary/aromatic N) is 6. The van der Waals surface area contributed by atoms with E-state index in [4.69, 9.17) is 16.0 Å². The average Bonchev–Trinajstić information content (AvgIpc) is 3.30. The lowest BCUT2D eigenvalue weighted by atomic mass is 9.73. The van der Waals surface area contributed by atoms with Gasteiger partial charge in [0, 0.05) is 30.7 Å². The number of hydrogen-bond donors (Lipinski definition) is 3. The minimum Gasteiger partial charge on any atom is -0.404 e. The molecule has 0 bridgehead atoms. The zero-order valence-corrected chi connectivity index (χ0v) is 19.3. The minimum atomic E-state index is -0.559. The highest BCUT2D eigenvalue weighted by Gasteiger charge is 2.38. The number of aromatic nitrogens is 5. The molecule has 0 spiro atoms. The Labute approximate surface area is 193 Å². The summed E-state index contributed by atoms with van der Waals surface area (Å²) in [7, 11) is 0. The summed E-state index contributed by atoms with van der Waals surface area (Å²) in [5.41, 5.74) is 13.4. The quantitative estimate of drug-likeness (QED) is 0.420. The molecule has 3 aromatic heterocycles. The fraction of sp³-hybridized carbons (Fsp3) is 0.304. The molecule has 1 atom stereocenters. The molecule has 0 aliphatic carbocycles. The molecule has 10 nitrogen and oxygen atoms in total. The molecule has 0 saturated carbocycles.